The van der Waals surface area contributed by atoms with Gasteiger partial charge in [0.05, 0.1) is 16.9 Å². The molecule has 22 heavy (non-hydrogen) atoms. The highest BCUT2D eigenvalue weighted by atomic mass is 19.1. The van der Waals surface area contributed by atoms with Crippen molar-refractivity contribution in [3.05, 3.63) is 30.3 Å². The van der Waals surface area contributed by atoms with E-state index in [0.29, 0.717) is 23.4 Å². The highest BCUT2D eigenvalue weighted by Crippen LogP contribution is 2.30. The summed E-state index contributed by atoms with van der Waals surface area (Å²) in [5.74, 6) is 0.278. The molecule has 112 valence electrons. The Morgan fingerprint density at radius 2 is 2.27 bits per heavy atom. The zero-order valence-electron chi connectivity index (χ0n) is 11.9. The zero-order chi connectivity index (χ0) is 15.3. The van der Waals surface area contributed by atoms with E-state index in [1.165, 1.54) is 18.5 Å². The van der Waals surface area contributed by atoms with Crippen LogP contribution >= 0.6 is 0 Å². The first-order valence-corrected chi connectivity index (χ1v) is 7.14. The minimum Gasteiger partial charge on any atom is -0.339 e. The van der Waals surface area contributed by atoms with Crippen molar-refractivity contribution in [1.82, 2.24) is 20.0 Å². The first kappa shape index (κ1) is 13.0. The summed E-state index contributed by atoms with van der Waals surface area (Å²) in [4.78, 5) is 23.4. The van der Waals surface area contributed by atoms with Gasteiger partial charge in [-0.15, -0.1) is 0 Å². The third-order valence-corrected chi connectivity index (χ3v) is 4.06. The number of rotatable bonds is 2. The maximum atomic E-state index is 13.4. The summed E-state index contributed by atoms with van der Waals surface area (Å²) in [6, 6.07) is 4.62. The van der Waals surface area contributed by atoms with Crippen LogP contribution in [0.15, 0.2) is 24.5 Å². The number of halogens is 1. The molecule has 0 spiro atoms. The molecule has 0 bridgehead atoms. The number of aromatic nitrogens is 3. The molecule has 1 amide bonds. The number of hydrazine groups is 1. The molecule has 3 heterocycles. The van der Waals surface area contributed by atoms with Crippen molar-refractivity contribution in [1.29, 1.82) is 0 Å². The van der Waals surface area contributed by atoms with Gasteiger partial charge in [-0.3, -0.25) is 15.2 Å². The van der Waals surface area contributed by atoms with Crippen LogP contribution in [0.1, 0.15) is 19.8 Å². The summed E-state index contributed by atoms with van der Waals surface area (Å²) in [6.45, 7) is 1.99. The average Bonchev–Trinajstić information content (AvgIpc) is 3.01. The maximum absolute atomic E-state index is 13.4. The number of fused-ring (bicyclic) bond motifs is 3. The van der Waals surface area contributed by atoms with E-state index in [4.69, 9.17) is 0 Å². The molecule has 3 aromatic rings. The van der Waals surface area contributed by atoms with Gasteiger partial charge in [0.2, 0.25) is 5.91 Å². The number of carbonyl (C=O) groups excluding carboxylic acids is 1. The largest absolute Gasteiger partial charge is 0.339 e. The fourth-order valence-electron chi connectivity index (χ4n) is 2.90. The second-order valence-corrected chi connectivity index (χ2v) is 5.52. The fourth-order valence-corrected chi connectivity index (χ4v) is 2.90. The van der Waals surface area contributed by atoms with Gasteiger partial charge in [0, 0.05) is 11.8 Å². The van der Waals surface area contributed by atoms with Gasteiger partial charge < -0.3 is 4.98 Å². The summed E-state index contributed by atoms with van der Waals surface area (Å²) in [7, 11) is 0. The number of amides is 1. The first-order valence-electron chi connectivity index (χ1n) is 7.14. The van der Waals surface area contributed by atoms with Crippen molar-refractivity contribution in [3.8, 4) is 0 Å². The summed E-state index contributed by atoms with van der Waals surface area (Å²) in [5, 5.41) is 3.17. The number of nitrogens with zero attached hydrogens (tertiary/aromatic N) is 3. The monoisotopic (exact) mass is 299 g/mol. The molecule has 2 N–H and O–H groups in total. The summed E-state index contributed by atoms with van der Waals surface area (Å²) in [5.41, 5.74) is 4.36. The Morgan fingerprint density at radius 1 is 1.41 bits per heavy atom. The summed E-state index contributed by atoms with van der Waals surface area (Å²) < 4.78 is 13.4. The maximum Gasteiger partial charge on any atom is 0.241 e. The van der Waals surface area contributed by atoms with Crippen molar-refractivity contribution in [2.24, 2.45) is 0 Å². The number of anilines is 1. The van der Waals surface area contributed by atoms with Crippen LogP contribution < -0.4 is 5.43 Å². The molecule has 7 heteroatoms. The Labute approximate surface area is 125 Å². The van der Waals surface area contributed by atoms with Gasteiger partial charge in [0.25, 0.3) is 0 Å². The topological polar surface area (TPSA) is 73.9 Å². The van der Waals surface area contributed by atoms with E-state index in [1.807, 2.05) is 6.92 Å². The lowest BCUT2D eigenvalue weighted by Gasteiger charge is -2.23. The summed E-state index contributed by atoms with van der Waals surface area (Å²) >= 11 is 0. The number of benzene rings is 1. The van der Waals surface area contributed by atoms with Crippen molar-refractivity contribution in [2.45, 2.75) is 25.8 Å². The van der Waals surface area contributed by atoms with E-state index in [2.05, 4.69) is 20.4 Å². The molecule has 1 saturated heterocycles. The van der Waals surface area contributed by atoms with Gasteiger partial charge in [-0.25, -0.2) is 14.4 Å². The molecule has 1 atom stereocenters. The SMILES string of the molecule is C[C@@H]1CCC(=O)N1Nc1ncnc2[nH]c3cc(F)ccc3c12. The third-order valence-electron chi connectivity index (χ3n) is 4.06. The highest BCUT2D eigenvalue weighted by molar-refractivity contribution is 6.11. The first-order chi connectivity index (χ1) is 10.6. The molecule has 1 aliphatic heterocycles. The van der Waals surface area contributed by atoms with Crippen molar-refractivity contribution in [3.63, 3.8) is 0 Å². The van der Waals surface area contributed by atoms with Gasteiger partial charge in [0.1, 0.15) is 17.8 Å². The normalized spacial score (nSPS) is 18.5. The van der Waals surface area contributed by atoms with Crippen molar-refractivity contribution < 1.29 is 9.18 Å². The number of nitrogens with one attached hydrogen (secondary N) is 2. The quantitative estimate of drug-likeness (QED) is 0.763. The molecule has 0 radical (unpaired) electrons. The molecule has 4 rings (SSSR count). The molecule has 0 saturated carbocycles. The predicted octanol–water partition coefficient (Wildman–Crippen LogP) is 2.59. The molecule has 6 nitrogen and oxygen atoms in total. The Kier molecular flexibility index (Phi) is 2.75. The van der Waals surface area contributed by atoms with E-state index in [1.54, 1.807) is 11.1 Å². The second-order valence-electron chi connectivity index (χ2n) is 5.52. The number of hydrogen-bond donors (Lipinski definition) is 2. The highest BCUT2D eigenvalue weighted by Gasteiger charge is 2.28. The van der Waals surface area contributed by atoms with Crippen LogP contribution in [0.4, 0.5) is 10.2 Å². The van der Waals surface area contributed by atoms with Crippen LogP contribution in [0.25, 0.3) is 21.9 Å². The Balaban J connectivity index is 1.87. The van der Waals surface area contributed by atoms with E-state index in [0.717, 1.165) is 17.2 Å². The van der Waals surface area contributed by atoms with Gasteiger partial charge in [-0.2, -0.15) is 0 Å². The molecule has 1 fully saturated rings. The fraction of sp³-hybridized carbons (Fsp3) is 0.267. The summed E-state index contributed by atoms with van der Waals surface area (Å²) in [6.07, 6.45) is 2.77. The van der Waals surface area contributed by atoms with E-state index >= 15 is 0 Å². The lowest BCUT2D eigenvalue weighted by atomic mass is 10.2. The minimum absolute atomic E-state index is 0.0464. The van der Waals surface area contributed by atoms with E-state index in [-0.39, 0.29) is 17.8 Å². The molecule has 1 aliphatic rings. The third kappa shape index (κ3) is 1.89. The Hall–Kier alpha value is -2.70. The molecule has 2 aromatic heterocycles. The van der Waals surface area contributed by atoms with Gasteiger partial charge in [-0.05, 0) is 31.5 Å². The lowest BCUT2D eigenvalue weighted by Crippen LogP contribution is -2.36. The van der Waals surface area contributed by atoms with Crippen LogP contribution in [0, 0.1) is 5.82 Å². The molecular weight excluding hydrogens is 285 g/mol. The van der Waals surface area contributed by atoms with Crippen molar-refractivity contribution in [2.75, 3.05) is 5.43 Å². The van der Waals surface area contributed by atoms with Crippen molar-refractivity contribution >= 4 is 33.7 Å². The van der Waals surface area contributed by atoms with E-state index in [9.17, 15) is 9.18 Å². The molecule has 0 unspecified atom stereocenters. The second kappa shape index (κ2) is 4.66. The smallest absolute Gasteiger partial charge is 0.241 e. The number of carbonyl (C=O) groups is 1. The zero-order valence-corrected chi connectivity index (χ0v) is 11.9. The lowest BCUT2D eigenvalue weighted by molar-refractivity contribution is -0.127. The van der Waals surface area contributed by atoms with Gasteiger partial charge >= 0.3 is 0 Å². The van der Waals surface area contributed by atoms with Crippen LogP contribution in [-0.4, -0.2) is 31.9 Å². The number of H-pyrrole nitrogens is 1. The standard InChI is InChI=1S/C15H14FN5O/c1-8-2-5-12(22)21(8)20-15-13-10-4-3-9(16)6-11(10)19-14(13)17-7-18-15/h3-4,6-8H,2,5H2,1H3,(H2,17,18,19,20)/t8-/m1/s1. The van der Waals surface area contributed by atoms with Gasteiger partial charge in [-0.1, -0.05) is 0 Å². The molecular formula is C15H14FN5O. The Bertz CT molecular complexity index is 890. The van der Waals surface area contributed by atoms with Gasteiger partial charge in [0.15, 0.2) is 5.82 Å². The minimum atomic E-state index is -0.315. The average molecular weight is 299 g/mol. The molecule has 0 aliphatic carbocycles. The van der Waals surface area contributed by atoms with Crippen LogP contribution in [0.3, 0.4) is 0 Å². The number of aromatic amines is 1. The van der Waals surface area contributed by atoms with Crippen LogP contribution in [0.5, 0.6) is 0 Å². The Morgan fingerprint density at radius 3 is 3.05 bits per heavy atom. The predicted molar refractivity (Wildman–Crippen MR) is 80.5 cm³/mol. The van der Waals surface area contributed by atoms with Crippen LogP contribution in [-0.2, 0) is 4.79 Å². The number of hydrogen-bond acceptors (Lipinski definition) is 4. The molecule has 1 aromatic carbocycles. The van der Waals surface area contributed by atoms with Crippen LogP contribution in [0.2, 0.25) is 0 Å². The van der Waals surface area contributed by atoms with E-state index < -0.39 is 0 Å².